The number of benzene rings is 2. The fourth-order valence-electron chi connectivity index (χ4n) is 3.35. The maximum absolute atomic E-state index is 13.8. The largest absolute Gasteiger partial charge is 0.331 e. The highest BCUT2D eigenvalue weighted by atomic mass is 35.5. The molecule has 2 aromatic carbocycles. The van der Waals surface area contributed by atoms with Crippen molar-refractivity contribution >= 4 is 28.5 Å². The number of rotatable bonds is 8. The summed E-state index contributed by atoms with van der Waals surface area (Å²) in [5.74, 6) is 0.913. The highest BCUT2D eigenvalue weighted by Gasteiger charge is 2.20. The molecule has 0 aliphatic heterocycles. The van der Waals surface area contributed by atoms with Gasteiger partial charge in [0.2, 0.25) is 0 Å². The second kappa shape index (κ2) is 9.40. The van der Waals surface area contributed by atoms with Gasteiger partial charge in [0.25, 0.3) is 5.91 Å². The Balaban J connectivity index is 1.95. The smallest absolute Gasteiger partial charge is 0.254 e. The lowest BCUT2D eigenvalue weighted by atomic mass is 10.1. The molecular formula is C23H27ClFN3O. The van der Waals surface area contributed by atoms with Crippen LogP contribution in [0.25, 0.3) is 11.0 Å². The van der Waals surface area contributed by atoms with Crippen LogP contribution in [-0.2, 0) is 13.1 Å². The van der Waals surface area contributed by atoms with Crippen molar-refractivity contribution in [1.29, 1.82) is 0 Å². The normalized spacial score (nSPS) is 11.4. The molecule has 1 heterocycles. The van der Waals surface area contributed by atoms with E-state index in [-0.39, 0.29) is 11.7 Å². The Hall–Kier alpha value is -2.40. The predicted molar refractivity (Wildman–Crippen MR) is 116 cm³/mol. The average Bonchev–Trinajstić information content (AvgIpc) is 3.02. The molecule has 0 unspecified atom stereocenters. The van der Waals surface area contributed by atoms with Crippen LogP contribution in [0, 0.1) is 11.7 Å². The van der Waals surface area contributed by atoms with Gasteiger partial charge < -0.3 is 9.47 Å². The van der Waals surface area contributed by atoms with Crippen LogP contribution in [0.15, 0.2) is 42.5 Å². The molecule has 0 fully saturated rings. The molecule has 0 atom stereocenters. The molecule has 3 aromatic rings. The van der Waals surface area contributed by atoms with E-state index in [1.165, 1.54) is 12.1 Å². The van der Waals surface area contributed by atoms with E-state index >= 15 is 0 Å². The second-order valence-electron chi connectivity index (χ2n) is 7.73. The number of aromatic nitrogens is 2. The zero-order valence-corrected chi connectivity index (χ0v) is 17.9. The van der Waals surface area contributed by atoms with Crippen molar-refractivity contribution in [3.05, 3.63) is 64.7 Å². The zero-order valence-electron chi connectivity index (χ0n) is 17.2. The molecular weight excluding hydrogens is 389 g/mol. The zero-order chi connectivity index (χ0) is 21.0. The summed E-state index contributed by atoms with van der Waals surface area (Å²) in [6, 6.07) is 11.6. The van der Waals surface area contributed by atoms with Crippen LogP contribution in [-0.4, -0.2) is 26.9 Å². The van der Waals surface area contributed by atoms with Gasteiger partial charge in [-0.15, -0.1) is 0 Å². The quantitative estimate of drug-likeness (QED) is 0.457. The fourth-order valence-corrected chi connectivity index (χ4v) is 3.48. The number of amides is 1. The first kappa shape index (κ1) is 21.3. The van der Waals surface area contributed by atoms with Gasteiger partial charge in [0.05, 0.1) is 17.6 Å². The first-order valence-corrected chi connectivity index (χ1v) is 10.5. The van der Waals surface area contributed by atoms with Crippen LogP contribution in [0.4, 0.5) is 4.39 Å². The minimum absolute atomic E-state index is 0.0522. The Morgan fingerprint density at radius 1 is 1.21 bits per heavy atom. The Morgan fingerprint density at radius 2 is 1.93 bits per heavy atom. The third kappa shape index (κ3) is 5.15. The van der Waals surface area contributed by atoms with Gasteiger partial charge in [0.1, 0.15) is 11.6 Å². The van der Waals surface area contributed by atoms with Crippen molar-refractivity contribution in [2.45, 2.75) is 46.7 Å². The Labute approximate surface area is 176 Å². The summed E-state index contributed by atoms with van der Waals surface area (Å²) >= 11 is 5.97. The Kier molecular flexibility index (Phi) is 6.91. The lowest BCUT2D eigenvalue weighted by molar-refractivity contribution is 0.0729. The average molecular weight is 416 g/mol. The van der Waals surface area contributed by atoms with E-state index in [0.717, 1.165) is 36.2 Å². The molecule has 0 spiro atoms. The van der Waals surface area contributed by atoms with E-state index in [0.29, 0.717) is 29.6 Å². The van der Waals surface area contributed by atoms with E-state index in [1.54, 1.807) is 30.3 Å². The van der Waals surface area contributed by atoms with Gasteiger partial charge in [-0.2, -0.15) is 0 Å². The summed E-state index contributed by atoms with van der Waals surface area (Å²) in [7, 11) is 0. The van der Waals surface area contributed by atoms with E-state index in [2.05, 4.69) is 20.8 Å². The summed E-state index contributed by atoms with van der Waals surface area (Å²) in [5, 5.41) is 0.599. The summed E-state index contributed by atoms with van der Waals surface area (Å²) in [6.07, 6.45) is 1.79. The number of aryl methyl sites for hydroxylation is 1. The maximum atomic E-state index is 13.8. The first-order valence-electron chi connectivity index (χ1n) is 10.1. The minimum atomic E-state index is -0.282. The molecule has 0 bridgehead atoms. The molecule has 4 nitrogen and oxygen atoms in total. The molecule has 0 saturated carbocycles. The second-order valence-corrected chi connectivity index (χ2v) is 8.17. The number of halogens is 2. The number of fused-ring (bicyclic) bond motifs is 1. The van der Waals surface area contributed by atoms with Crippen molar-refractivity contribution in [1.82, 2.24) is 14.5 Å². The van der Waals surface area contributed by atoms with Gasteiger partial charge >= 0.3 is 0 Å². The number of imidazole rings is 1. The SMILES string of the molecule is CCCn1c(CN(CCC(C)C)C(=O)c2ccc(Cl)cc2)nc2ccc(F)cc21. The first-order chi connectivity index (χ1) is 13.9. The number of carbonyl (C=O) groups is 1. The molecule has 0 saturated heterocycles. The predicted octanol–water partition coefficient (Wildman–Crippen LogP) is 5.93. The number of nitrogens with zero attached hydrogens (tertiary/aromatic N) is 3. The van der Waals surface area contributed by atoms with Crippen molar-refractivity contribution in [2.75, 3.05) is 6.54 Å². The number of hydrogen-bond donors (Lipinski definition) is 0. The van der Waals surface area contributed by atoms with Crippen LogP contribution in [0.3, 0.4) is 0 Å². The lowest BCUT2D eigenvalue weighted by Gasteiger charge is -2.24. The van der Waals surface area contributed by atoms with Gasteiger partial charge in [0.15, 0.2) is 0 Å². The van der Waals surface area contributed by atoms with Crippen molar-refractivity contribution in [2.24, 2.45) is 5.92 Å². The van der Waals surface area contributed by atoms with E-state index in [9.17, 15) is 9.18 Å². The standard InChI is InChI=1S/C23H27ClFN3O/c1-4-12-28-21-14-19(25)9-10-20(21)26-22(28)15-27(13-11-16(2)3)23(29)17-5-7-18(24)8-6-17/h5-10,14,16H,4,11-13,15H2,1-3H3. The summed E-state index contributed by atoms with van der Waals surface area (Å²) < 4.78 is 15.8. The van der Waals surface area contributed by atoms with Crippen LogP contribution in [0.2, 0.25) is 5.02 Å². The number of hydrogen-bond acceptors (Lipinski definition) is 2. The molecule has 154 valence electrons. The molecule has 1 amide bonds. The Morgan fingerprint density at radius 3 is 2.59 bits per heavy atom. The lowest BCUT2D eigenvalue weighted by Crippen LogP contribution is -2.33. The molecule has 29 heavy (non-hydrogen) atoms. The van der Waals surface area contributed by atoms with Crippen molar-refractivity contribution in [3.63, 3.8) is 0 Å². The summed E-state index contributed by atoms with van der Waals surface area (Å²) in [6.45, 7) is 8.08. The van der Waals surface area contributed by atoms with E-state index in [4.69, 9.17) is 16.6 Å². The van der Waals surface area contributed by atoms with Crippen molar-refractivity contribution < 1.29 is 9.18 Å². The van der Waals surface area contributed by atoms with E-state index < -0.39 is 0 Å². The number of carbonyl (C=O) groups excluding carboxylic acids is 1. The molecule has 0 aliphatic rings. The molecule has 1 aromatic heterocycles. The molecule has 0 N–H and O–H groups in total. The minimum Gasteiger partial charge on any atom is -0.331 e. The van der Waals surface area contributed by atoms with Crippen LogP contribution >= 0.6 is 11.6 Å². The topological polar surface area (TPSA) is 38.1 Å². The van der Waals surface area contributed by atoms with Crippen molar-refractivity contribution in [3.8, 4) is 0 Å². The van der Waals surface area contributed by atoms with Gasteiger partial charge in [0, 0.05) is 23.7 Å². The highest BCUT2D eigenvalue weighted by Crippen LogP contribution is 2.21. The maximum Gasteiger partial charge on any atom is 0.254 e. The van der Waals surface area contributed by atoms with Gasteiger partial charge in [-0.3, -0.25) is 4.79 Å². The third-order valence-corrected chi connectivity index (χ3v) is 5.18. The Bertz CT molecular complexity index is 982. The van der Waals surface area contributed by atoms with Gasteiger partial charge in [-0.05, 0) is 61.2 Å². The monoisotopic (exact) mass is 415 g/mol. The molecule has 6 heteroatoms. The van der Waals surface area contributed by atoms with Gasteiger partial charge in [-0.1, -0.05) is 32.4 Å². The molecule has 0 radical (unpaired) electrons. The van der Waals surface area contributed by atoms with Crippen LogP contribution in [0.1, 0.15) is 49.8 Å². The van der Waals surface area contributed by atoms with E-state index in [1.807, 2.05) is 9.47 Å². The van der Waals surface area contributed by atoms with Crippen LogP contribution in [0.5, 0.6) is 0 Å². The summed E-state index contributed by atoms with van der Waals surface area (Å²) in [4.78, 5) is 19.7. The molecule has 0 aliphatic carbocycles. The van der Waals surface area contributed by atoms with Crippen LogP contribution < -0.4 is 0 Å². The third-order valence-electron chi connectivity index (χ3n) is 4.92. The van der Waals surface area contributed by atoms with Gasteiger partial charge in [-0.25, -0.2) is 9.37 Å². The fraction of sp³-hybridized carbons (Fsp3) is 0.391. The molecule has 3 rings (SSSR count). The summed E-state index contributed by atoms with van der Waals surface area (Å²) in [5.41, 5.74) is 2.12. The highest BCUT2D eigenvalue weighted by molar-refractivity contribution is 6.30.